The maximum atomic E-state index is 10.2. The molecule has 1 unspecified atom stereocenters. The van der Waals surface area contributed by atoms with Gasteiger partial charge in [-0.2, -0.15) is 0 Å². The van der Waals surface area contributed by atoms with Gasteiger partial charge in [0.25, 0.3) is 0 Å². The largest absolute Gasteiger partial charge is 0.481 e. The monoisotopic (exact) mass is 160 g/mol. The molecule has 3 heteroatoms. The van der Waals surface area contributed by atoms with Crippen molar-refractivity contribution in [1.82, 2.24) is 0 Å². The molecule has 3 nitrogen and oxygen atoms in total. The molecule has 0 rings (SSSR count). The highest BCUT2D eigenvalue weighted by Gasteiger charge is 2.10. The molecule has 0 aromatic rings. The first kappa shape index (κ1) is 10.4. The van der Waals surface area contributed by atoms with E-state index in [2.05, 4.69) is 0 Å². The van der Waals surface area contributed by atoms with Crippen molar-refractivity contribution in [3.8, 4) is 0 Å². The van der Waals surface area contributed by atoms with Crippen LogP contribution in [0.1, 0.15) is 33.6 Å². The second kappa shape index (κ2) is 5.13. The lowest BCUT2D eigenvalue weighted by molar-refractivity contribution is -0.140. The number of carbonyl (C=O) groups is 1. The first-order chi connectivity index (χ1) is 5.06. The lowest BCUT2D eigenvalue weighted by Crippen LogP contribution is -2.19. The normalized spacial score (nSPS) is 15.9. The molecule has 0 fully saturated rings. The van der Waals surface area contributed by atoms with E-state index in [1.807, 2.05) is 13.8 Å². The molecule has 0 saturated heterocycles. The zero-order chi connectivity index (χ0) is 8.85. The molecule has 11 heavy (non-hydrogen) atoms. The van der Waals surface area contributed by atoms with Gasteiger partial charge in [-0.15, -0.1) is 0 Å². The molecule has 0 radical (unpaired) electrons. The molecule has 0 aromatic heterocycles. The Bertz CT molecular complexity index is 123. The van der Waals surface area contributed by atoms with Crippen LogP contribution in [0, 0.1) is 0 Å². The van der Waals surface area contributed by atoms with Crippen LogP contribution in [0.25, 0.3) is 0 Å². The summed E-state index contributed by atoms with van der Waals surface area (Å²) < 4.78 is 5.33. The van der Waals surface area contributed by atoms with Gasteiger partial charge in [-0.05, 0) is 20.3 Å². The fourth-order valence-corrected chi connectivity index (χ4v) is 0.787. The lowest BCUT2D eigenvalue weighted by Gasteiger charge is -2.15. The molecule has 66 valence electrons. The Kier molecular flexibility index (Phi) is 4.86. The van der Waals surface area contributed by atoms with Gasteiger partial charge >= 0.3 is 5.97 Å². The third-order valence-corrected chi connectivity index (χ3v) is 1.50. The highest BCUT2D eigenvalue weighted by Crippen LogP contribution is 2.04. The summed E-state index contributed by atoms with van der Waals surface area (Å²) in [5.74, 6) is -0.805. The van der Waals surface area contributed by atoms with Crippen molar-refractivity contribution in [2.75, 3.05) is 0 Å². The Morgan fingerprint density at radius 1 is 1.45 bits per heavy atom. The first-order valence-electron chi connectivity index (χ1n) is 3.93. The Morgan fingerprint density at radius 2 is 2.00 bits per heavy atom. The number of aliphatic carboxylic acids is 1. The van der Waals surface area contributed by atoms with Gasteiger partial charge in [0.1, 0.15) is 0 Å². The SMILES string of the molecule is CCC(C)O[C@H](C)CC(=O)O. The predicted molar refractivity (Wildman–Crippen MR) is 42.6 cm³/mol. The van der Waals surface area contributed by atoms with Crippen molar-refractivity contribution >= 4 is 5.97 Å². The van der Waals surface area contributed by atoms with Gasteiger partial charge in [-0.1, -0.05) is 6.92 Å². The fourth-order valence-electron chi connectivity index (χ4n) is 0.787. The molecule has 0 aromatic carbocycles. The van der Waals surface area contributed by atoms with E-state index in [0.29, 0.717) is 0 Å². The third kappa shape index (κ3) is 5.85. The summed E-state index contributed by atoms with van der Waals surface area (Å²) in [4.78, 5) is 10.2. The molecule has 1 N–H and O–H groups in total. The molecule has 0 amide bonds. The van der Waals surface area contributed by atoms with Crippen molar-refractivity contribution in [1.29, 1.82) is 0 Å². The molecule has 0 heterocycles. The molecule has 0 spiro atoms. The Balaban J connectivity index is 3.51. The minimum absolute atomic E-state index is 0.0876. The van der Waals surface area contributed by atoms with Gasteiger partial charge in [0.2, 0.25) is 0 Å². The summed E-state index contributed by atoms with van der Waals surface area (Å²) in [5.41, 5.74) is 0. The minimum atomic E-state index is -0.805. The highest BCUT2D eigenvalue weighted by molar-refractivity contribution is 5.67. The number of rotatable bonds is 5. The van der Waals surface area contributed by atoms with Gasteiger partial charge in [0.15, 0.2) is 0 Å². The zero-order valence-electron chi connectivity index (χ0n) is 7.33. The lowest BCUT2D eigenvalue weighted by atomic mass is 10.2. The molecule has 0 aliphatic carbocycles. The molecule has 0 aliphatic heterocycles. The van der Waals surface area contributed by atoms with Crippen molar-refractivity contribution in [3.05, 3.63) is 0 Å². The number of hydrogen-bond acceptors (Lipinski definition) is 2. The van der Waals surface area contributed by atoms with Crippen LogP contribution in [0.5, 0.6) is 0 Å². The fraction of sp³-hybridized carbons (Fsp3) is 0.875. The zero-order valence-corrected chi connectivity index (χ0v) is 7.33. The average molecular weight is 160 g/mol. The van der Waals surface area contributed by atoms with Crippen molar-refractivity contribution < 1.29 is 14.6 Å². The number of ether oxygens (including phenoxy) is 1. The van der Waals surface area contributed by atoms with Crippen LogP contribution in [-0.2, 0) is 9.53 Å². The predicted octanol–water partition coefficient (Wildman–Crippen LogP) is 1.66. The van der Waals surface area contributed by atoms with E-state index >= 15 is 0 Å². The standard InChI is InChI=1S/C8H16O3/c1-4-6(2)11-7(3)5-8(9)10/h6-7H,4-5H2,1-3H3,(H,9,10)/t6?,7-/m1/s1. The van der Waals surface area contributed by atoms with E-state index in [9.17, 15) is 4.79 Å². The third-order valence-electron chi connectivity index (χ3n) is 1.50. The van der Waals surface area contributed by atoms with E-state index in [-0.39, 0.29) is 18.6 Å². The first-order valence-corrected chi connectivity index (χ1v) is 3.93. The van der Waals surface area contributed by atoms with E-state index in [0.717, 1.165) is 6.42 Å². The smallest absolute Gasteiger partial charge is 0.305 e. The van der Waals surface area contributed by atoms with Crippen LogP contribution in [0.4, 0.5) is 0 Å². The van der Waals surface area contributed by atoms with E-state index in [1.165, 1.54) is 0 Å². The molecule has 0 aliphatic rings. The van der Waals surface area contributed by atoms with Gasteiger partial charge in [0.05, 0.1) is 18.6 Å². The number of carboxylic acid groups (broad SMARTS) is 1. The minimum Gasteiger partial charge on any atom is -0.481 e. The van der Waals surface area contributed by atoms with Crippen molar-refractivity contribution in [2.24, 2.45) is 0 Å². The summed E-state index contributed by atoms with van der Waals surface area (Å²) in [6, 6.07) is 0. The summed E-state index contributed by atoms with van der Waals surface area (Å²) in [6.45, 7) is 5.73. The molecular weight excluding hydrogens is 144 g/mol. The van der Waals surface area contributed by atoms with Crippen LogP contribution >= 0.6 is 0 Å². The van der Waals surface area contributed by atoms with Gasteiger partial charge in [-0.3, -0.25) is 4.79 Å². The van der Waals surface area contributed by atoms with Crippen molar-refractivity contribution in [3.63, 3.8) is 0 Å². The second-order valence-corrected chi connectivity index (χ2v) is 2.76. The van der Waals surface area contributed by atoms with Crippen LogP contribution in [0.3, 0.4) is 0 Å². The molecule has 0 bridgehead atoms. The number of hydrogen-bond donors (Lipinski definition) is 1. The average Bonchev–Trinajstić information content (AvgIpc) is 1.85. The quantitative estimate of drug-likeness (QED) is 0.665. The Labute approximate surface area is 67.4 Å². The van der Waals surface area contributed by atoms with Crippen LogP contribution < -0.4 is 0 Å². The van der Waals surface area contributed by atoms with E-state index in [1.54, 1.807) is 6.92 Å². The van der Waals surface area contributed by atoms with Gasteiger partial charge < -0.3 is 9.84 Å². The topological polar surface area (TPSA) is 46.5 Å². The van der Waals surface area contributed by atoms with E-state index < -0.39 is 5.97 Å². The Morgan fingerprint density at radius 3 is 2.36 bits per heavy atom. The van der Waals surface area contributed by atoms with Gasteiger partial charge in [-0.25, -0.2) is 0 Å². The maximum absolute atomic E-state index is 10.2. The highest BCUT2D eigenvalue weighted by atomic mass is 16.5. The van der Waals surface area contributed by atoms with Crippen LogP contribution in [0.2, 0.25) is 0 Å². The number of carboxylic acids is 1. The molecular formula is C8H16O3. The summed E-state index contributed by atoms with van der Waals surface area (Å²) in [7, 11) is 0. The second-order valence-electron chi connectivity index (χ2n) is 2.76. The maximum Gasteiger partial charge on any atom is 0.305 e. The van der Waals surface area contributed by atoms with E-state index in [4.69, 9.17) is 9.84 Å². The van der Waals surface area contributed by atoms with Gasteiger partial charge in [0, 0.05) is 0 Å². The summed E-state index contributed by atoms with van der Waals surface area (Å²) >= 11 is 0. The Hall–Kier alpha value is -0.570. The summed E-state index contributed by atoms with van der Waals surface area (Å²) in [5, 5.41) is 8.39. The summed E-state index contributed by atoms with van der Waals surface area (Å²) in [6.07, 6.45) is 0.987. The molecule has 2 atom stereocenters. The van der Waals surface area contributed by atoms with Crippen LogP contribution in [0.15, 0.2) is 0 Å². The van der Waals surface area contributed by atoms with Crippen molar-refractivity contribution in [2.45, 2.75) is 45.8 Å². The molecule has 0 saturated carbocycles. The van der Waals surface area contributed by atoms with Crippen LogP contribution in [-0.4, -0.2) is 23.3 Å².